The Balaban J connectivity index is 2.51. The van der Waals surface area contributed by atoms with Crippen LogP contribution in [0, 0.1) is 0 Å². The first-order chi connectivity index (χ1) is 5.97. The molecular formula is C10H15ClOSi. The molecule has 0 atom stereocenters. The lowest BCUT2D eigenvalue weighted by Crippen LogP contribution is -2.16. The molecule has 0 spiro atoms. The van der Waals surface area contributed by atoms with Gasteiger partial charge in [0.25, 0.3) is 0 Å². The minimum absolute atomic E-state index is 0.325. The second-order valence-corrected chi connectivity index (χ2v) is 10.9. The molecular weight excluding hydrogens is 200 g/mol. The number of hydrogen-bond donors (Lipinski definition) is 1. The topological polar surface area (TPSA) is 20.2 Å². The third kappa shape index (κ3) is 4.34. The SMILES string of the molecule is C[Si](C)(Cl)CCc1ccc(O)cc1. The van der Waals surface area contributed by atoms with E-state index >= 15 is 0 Å². The Kier molecular flexibility index (Phi) is 3.39. The van der Waals surface area contributed by atoms with Crippen molar-refractivity contribution in [2.24, 2.45) is 0 Å². The van der Waals surface area contributed by atoms with Gasteiger partial charge in [-0.1, -0.05) is 25.2 Å². The number of aromatic hydroxyl groups is 1. The molecule has 0 aromatic heterocycles. The molecule has 3 heteroatoms. The van der Waals surface area contributed by atoms with Crippen LogP contribution in [0.3, 0.4) is 0 Å². The van der Waals surface area contributed by atoms with E-state index in [1.54, 1.807) is 12.1 Å². The van der Waals surface area contributed by atoms with Gasteiger partial charge in [0.05, 0.1) is 0 Å². The number of hydrogen-bond acceptors (Lipinski definition) is 1. The Morgan fingerprint density at radius 3 is 2.23 bits per heavy atom. The van der Waals surface area contributed by atoms with Gasteiger partial charge in [-0.05, 0) is 30.2 Å². The van der Waals surface area contributed by atoms with Crippen LogP contribution in [-0.2, 0) is 6.42 Å². The summed E-state index contributed by atoms with van der Waals surface area (Å²) in [5.74, 6) is 0.325. The molecule has 0 saturated carbocycles. The lowest BCUT2D eigenvalue weighted by atomic mass is 10.2. The molecule has 0 unspecified atom stereocenters. The maximum Gasteiger partial charge on any atom is 0.150 e. The van der Waals surface area contributed by atoms with Crippen molar-refractivity contribution in [3.63, 3.8) is 0 Å². The van der Waals surface area contributed by atoms with Crippen LogP contribution in [0.5, 0.6) is 5.75 Å². The van der Waals surface area contributed by atoms with Gasteiger partial charge in [-0.2, -0.15) is 11.1 Å². The van der Waals surface area contributed by atoms with Crippen molar-refractivity contribution in [2.75, 3.05) is 0 Å². The standard InChI is InChI=1S/C10H15ClOSi/c1-13(2,11)8-7-9-3-5-10(12)6-4-9/h3-6,12H,7-8H2,1-2H3. The lowest BCUT2D eigenvalue weighted by molar-refractivity contribution is 0.475. The molecule has 1 nitrogen and oxygen atoms in total. The van der Waals surface area contributed by atoms with Crippen LogP contribution in [0.2, 0.25) is 19.1 Å². The predicted octanol–water partition coefficient (Wildman–Crippen LogP) is 3.38. The summed E-state index contributed by atoms with van der Waals surface area (Å²) in [5, 5.41) is 9.07. The van der Waals surface area contributed by atoms with Crippen LogP contribution < -0.4 is 0 Å². The first-order valence-corrected chi connectivity index (χ1v) is 8.66. The lowest BCUT2D eigenvalue weighted by Gasteiger charge is -2.11. The fourth-order valence-corrected chi connectivity index (χ4v) is 2.27. The average Bonchev–Trinajstić information content (AvgIpc) is 2.02. The van der Waals surface area contributed by atoms with Crippen molar-refractivity contribution < 1.29 is 5.11 Å². The number of phenols is 1. The molecule has 1 N–H and O–H groups in total. The molecule has 1 aromatic carbocycles. The zero-order chi connectivity index (χ0) is 9.90. The zero-order valence-corrected chi connectivity index (χ0v) is 9.80. The highest BCUT2D eigenvalue weighted by Crippen LogP contribution is 2.18. The van der Waals surface area contributed by atoms with Gasteiger partial charge in [0, 0.05) is 0 Å². The predicted molar refractivity (Wildman–Crippen MR) is 60.0 cm³/mol. The summed E-state index contributed by atoms with van der Waals surface area (Å²) in [6.45, 7) is 4.30. The van der Waals surface area contributed by atoms with Crippen molar-refractivity contribution in [1.29, 1.82) is 0 Å². The van der Waals surface area contributed by atoms with Gasteiger partial charge in [0.2, 0.25) is 0 Å². The quantitative estimate of drug-likeness (QED) is 0.604. The number of benzene rings is 1. The summed E-state index contributed by atoms with van der Waals surface area (Å²) in [5.41, 5.74) is 1.25. The Labute approximate surface area is 85.1 Å². The molecule has 0 aliphatic carbocycles. The molecule has 0 fully saturated rings. The van der Waals surface area contributed by atoms with E-state index in [-0.39, 0.29) is 0 Å². The number of phenolic OH excluding ortho intramolecular Hbond substituents is 1. The molecule has 1 rings (SSSR count). The maximum atomic E-state index is 9.07. The number of aryl methyl sites for hydroxylation is 1. The van der Waals surface area contributed by atoms with Gasteiger partial charge < -0.3 is 5.11 Å². The number of rotatable bonds is 3. The largest absolute Gasteiger partial charge is 0.508 e. The molecule has 0 heterocycles. The van der Waals surface area contributed by atoms with Gasteiger partial charge in [-0.15, -0.1) is 0 Å². The highest BCUT2D eigenvalue weighted by molar-refractivity contribution is 7.19. The Morgan fingerprint density at radius 2 is 1.77 bits per heavy atom. The van der Waals surface area contributed by atoms with E-state index in [2.05, 4.69) is 13.1 Å². The summed E-state index contributed by atoms with van der Waals surface area (Å²) in [7, 11) is -1.44. The third-order valence-electron chi connectivity index (χ3n) is 1.94. The van der Waals surface area contributed by atoms with Crippen molar-refractivity contribution in [3.05, 3.63) is 29.8 Å². The summed E-state index contributed by atoms with van der Waals surface area (Å²) in [6, 6.07) is 8.42. The summed E-state index contributed by atoms with van der Waals surface area (Å²) in [4.78, 5) is 0. The van der Waals surface area contributed by atoms with Crippen LogP contribution in [0.1, 0.15) is 5.56 Å². The van der Waals surface area contributed by atoms with E-state index < -0.39 is 7.38 Å². The zero-order valence-electron chi connectivity index (χ0n) is 8.05. The molecule has 1 aromatic rings. The highest BCUT2D eigenvalue weighted by atomic mass is 35.6. The third-order valence-corrected chi connectivity index (χ3v) is 3.95. The molecule has 0 aliphatic heterocycles. The Hall–Kier alpha value is -0.473. The van der Waals surface area contributed by atoms with Crippen molar-refractivity contribution in [1.82, 2.24) is 0 Å². The first kappa shape index (κ1) is 10.6. The van der Waals surface area contributed by atoms with Crippen molar-refractivity contribution in [2.45, 2.75) is 25.6 Å². The number of halogens is 1. The monoisotopic (exact) mass is 214 g/mol. The first-order valence-electron chi connectivity index (χ1n) is 4.44. The molecule has 13 heavy (non-hydrogen) atoms. The maximum absolute atomic E-state index is 9.07. The van der Waals surface area contributed by atoms with E-state index in [4.69, 9.17) is 16.2 Å². The van der Waals surface area contributed by atoms with Crippen LogP contribution in [0.25, 0.3) is 0 Å². The smallest absolute Gasteiger partial charge is 0.150 e. The van der Waals surface area contributed by atoms with E-state index in [1.165, 1.54) is 5.56 Å². The summed E-state index contributed by atoms with van der Waals surface area (Å²) >= 11 is 6.20. The Bertz CT molecular complexity index is 263. The van der Waals surface area contributed by atoms with E-state index in [9.17, 15) is 0 Å². The van der Waals surface area contributed by atoms with Crippen LogP contribution in [0.4, 0.5) is 0 Å². The highest BCUT2D eigenvalue weighted by Gasteiger charge is 2.15. The summed E-state index contributed by atoms with van der Waals surface area (Å²) in [6.07, 6.45) is 1.02. The van der Waals surface area contributed by atoms with Crippen LogP contribution in [-0.4, -0.2) is 12.5 Å². The molecule has 0 bridgehead atoms. The van der Waals surface area contributed by atoms with Crippen LogP contribution >= 0.6 is 11.1 Å². The Morgan fingerprint density at radius 1 is 1.23 bits per heavy atom. The van der Waals surface area contributed by atoms with Crippen LogP contribution in [0.15, 0.2) is 24.3 Å². The van der Waals surface area contributed by atoms with Gasteiger partial charge in [-0.25, -0.2) is 0 Å². The molecule has 0 radical (unpaired) electrons. The summed E-state index contributed by atoms with van der Waals surface area (Å²) < 4.78 is 0. The minimum atomic E-state index is -1.44. The second kappa shape index (κ2) is 4.16. The van der Waals surface area contributed by atoms with E-state index in [0.717, 1.165) is 12.5 Å². The van der Waals surface area contributed by atoms with Gasteiger partial charge >= 0.3 is 0 Å². The minimum Gasteiger partial charge on any atom is -0.508 e. The molecule has 0 saturated heterocycles. The fourth-order valence-electron chi connectivity index (χ4n) is 1.10. The molecule has 0 amide bonds. The average molecular weight is 215 g/mol. The van der Waals surface area contributed by atoms with Gasteiger partial charge in [-0.3, -0.25) is 0 Å². The van der Waals surface area contributed by atoms with E-state index in [0.29, 0.717) is 5.75 Å². The van der Waals surface area contributed by atoms with Crippen molar-refractivity contribution in [3.8, 4) is 5.75 Å². The molecule has 72 valence electrons. The van der Waals surface area contributed by atoms with Gasteiger partial charge in [0.1, 0.15) is 5.75 Å². The second-order valence-electron chi connectivity index (χ2n) is 3.89. The van der Waals surface area contributed by atoms with Gasteiger partial charge in [0.15, 0.2) is 7.38 Å². The van der Waals surface area contributed by atoms with Crippen molar-refractivity contribution >= 4 is 18.5 Å². The molecule has 0 aliphatic rings. The van der Waals surface area contributed by atoms with E-state index in [1.807, 2.05) is 12.1 Å². The fraction of sp³-hybridized carbons (Fsp3) is 0.400. The normalized spacial score (nSPS) is 11.6.